The van der Waals surface area contributed by atoms with Crippen LogP contribution in [-0.2, 0) is 4.79 Å². The highest BCUT2D eigenvalue weighted by Crippen LogP contribution is 2.23. The van der Waals surface area contributed by atoms with E-state index in [9.17, 15) is 9.59 Å². The van der Waals surface area contributed by atoms with E-state index in [2.05, 4.69) is 4.98 Å². The number of nitrogens with two attached hydrogens (primary N) is 1. The smallest absolute Gasteiger partial charge is 0.272 e. The Morgan fingerprint density at radius 3 is 2.95 bits per heavy atom. The molecule has 1 aromatic rings. The van der Waals surface area contributed by atoms with Gasteiger partial charge in [0.15, 0.2) is 0 Å². The van der Waals surface area contributed by atoms with E-state index in [1.54, 1.807) is 17.0 Å². The second-order valence-electron chi connectivity index (χ2n) is 5.01. The van der Waals surface area contributed by atoms with Crippen molar-refractivity contribution in [2.45, 2.75) is 18.9 Å². The zero-order valence-corrected chi connectivity index (χ0v) is 10.6. The number of hydrogen-bond donors (Lipinski definition) is 1. The summed E-state index contributed by atoms with van der Waals surface area (Å²) >= 11 is 0. The van der Waals surface area contributed by atoms with Crippen molar-refractivity contribution in [3.05, 3.63) is 24.0 Å². The van der Waals surface area contributed by atoms with Gasteiger partial charge in [0, 0.05) is 32.1 Å². The van der Waals surface area contributed by atoms with Gasteiger partial charge in [0.25, 0.3) is 5.91 Å². The quantitative estimate of drug-likeness (QED) is 0.777. The molecule has 2 aliphatic rings. The van der Waals surface area contributed by atoms with E-state index in [4.69, 9.17) is 5.73 Å². The van der Waals surface area contributed by atoms with Crippen molar-refractivity contribution in [2.75, 3.05) is 25.4 Å². The molecule has 0 saturated carbocycles. The van der Waals surface area contributed by atoms with Crippen LogP contribution in [0, 0.1) is 0 Å². The molecule has 2 saturated heterocycles. The fourth-order valence-corrected chi connectivity index (χ4v) is 2.74. The van der Waals surface area contributed by atoms with E-state index in [1.807, 2.05) is 4.90 Å². The number of piperazine rings is 1. The molecule has 1 atom stereocenters. The molecular weight excluding hydrogens is 244 g/mol. The summed E-state index contributed by atoms with van der Waals surface area (Å²) in [6.45, 7) is 1.81. The predicted molar refractivity (Wildman–Crippen MR) is 69.3 cm³/mol. The topological polar surface area (TPSA) is 79.5 Å². The lowest BCUT2D eigenvalue weighted by atomic mass is 10.1. The molecular formula is C13H16N4O2. The Kier molecular flexibility index (Phi) is 2.85. The number of amides is 2. The lowest BCUT2D eigenvalue weighted by Gasteiger charge is -2.37. The van der Waals surface area contributed by atoms with Crippen molar-refractivity contribution >= 4 is 17.5 Å². The number of anilines is 1. The second-order valence-corrected chi connectivity index (χ2v) is 5.01. The molecule has 1 unspecified atom stereocenters. The summed E-state index contributed by atoms with van der Waals surface area (Å²) in [5.74, 6) is 0.127. The van der Waals surface area contributed by atoms with Crippen LogP contribution in [0.15, 0.2) is 18.3 Å². The number of hydrogen-bond acceptors (Lipinski definition) is 4. The third kappa shape index (κ3) is 2.14. The summed E-state index contributed by atoms with van der Waals surface area (Å²) < 4.78 is 0. The zero-order valence-electron chi connectivity index (χ0n) is 10.6. The van der Waals surface area contributed by atoms with Crippen LogP contribution in [0.5, 0.6) is 0 Å². The summed E-state index contributed by atoms with van der Waals surface area (Å²) in [6.07, 6.45) is 2.94. The Morgan fingerprint density at radius 1 is 1.37 bits per heavy atom. The second kappa shape index (κ2) is 4.53. The number of fused-ring (bicyclic) bond motifs is 1. The van der Waals surface area contributed by atoms with Crippen LogP contribution in [0.1, 0.15) is 23.3 Å². The molecule has 6 nitrogen and oxygen atoms in total. The van der Waals surface area contributed by atoms with Crippen molar-refractivity contribution in [3.8, 4) is 0 Å². The van der Waals surface area contributed by atoms with Gasteiger partial charge in [-0.2, -0.15) is 0 Å². The van der Waals surface area contributed by atoms with Crippen LogP contribution in [-0.4, -0.2) is 52.3 Å². The van der Waals surface area contributed by atoms with Crippen molar-refractivity contribution < 1.29 is 9.59 Å². The maximum absolute atomic E-state index is 12.3. The van der Waals surface area contributed by atoms with Gasteiger partial charge in [0.05, 0.1) is 11.9 Å². The number of aromatic nitrogens is 1. The van der Waals surface area contributed by atoms with Crippen molar-refractivity contribution in [3.63, 3.8) is 0 Å². The Labute approximate surface area is 111 Å². The summed E-state index contributed by atoms with van der Waals surface area (Å²) in [7, 11) is 0. The van der Waals surface area contributed by atoms with Gasteiger partial charge >= 0.3 is 0 Å². The van der Waals surface area contributed by atoms with Gasteiger partial charge in [0.2, 0.25) is 5.91 Å². The average Bonchev–Trinajstić information content (AvgIpc) is 2.80. The molecule has 0 aromatic carbocycles. The van der Waals surface area contributed by atoms with Gasteiger partial charge in [-0.25, -0.2) is 4.98 Å². The first kappa shape index (κ1) is 12.0. The molecule has 2 fully saturated rings. The summed E-state index contributed by atoms with van der Waals surface area (Å²) in [5, 5.41) is 0. The van der Waals surface area contributed by atoms with E-state index in [1.165, 1.54) is 6.20 Å². The molecule has 2 aliphatic heterocycles. The van der Waals surface area contributed by atoms with E-state index >= 15 is 0 Å². The molecule has 0 spiro atoms. The highest BCUT2D eigenvalue weighted by Gasteiger charge is 2.37. The molecule has 0 bridgehead atoms. The minimum absolute atomic E-state index is 0.0843. The summed E-state index contributed by atoms with van der Waals surface area (Å²) in [5.41, 5.74) is 6.51. The molecule has 6 heteroatoms. The number of pyridine rings is 1. The first-order chi connectivity index (χ1) is 9.15. The molecule has 3 heterocycles. The Morgan fingerprint density at radius 2 is 2.21 bits per heavy atom. The predicted octanol–water partition coefficient (Wildman–Crippen LogP) is 0.111. The molecule has 0 radical (unpaired) electrons. The monoisotopic (exact) mass is 260 g/mol. The average molecular weight is 260 g/mol. The van der Waals surface area contributed by atoms with Gasteiger partial charge in [-0.15, -0.1) is 0 Å². The molecule has 100 valence electrons. The fourth-order valence-electron chi connectivity index (χ4n) is 2.74. The van der Waals surface area contributed by atoms with Gasteiger partial charge < -0.3 is 15.5 Å². The third-order valence-corrected chi connectivity index (χ3v) is 3.79. The van der Waals surface area contributed by atoms with Crippen LogP contribution in [0.3, 0.4) is 0 Å². The lowest BCUT2D eigenvalue weighted by molar-refractivity contribution is -0.130. The van der Waals surface area contributed by atoms with Crippen LogP contribution in [0.4, 0.5) is 5.69 Å². The maximum Gasteiger partial charge on any atom is 0.272 e. The highest BCUT2D eigenvalue weighted by molar-refractivity contribution is 5.92. The summed E-state index contributed by atoms with van der Waals surface area (Å²) in [4.78, 5) is 31.6. The Bertz CT molecular complexity index is 514. The van der Waals surface area contributed by atoms with Crippen LogP contribution in [0.2, 0.25) is 0 Å². The molecule has 3 rings (SSSR count). The SMILES string of the molecule is Nc1ccc(C(=O)N2CCN3C(=O)CCC3C2)nc1. The highest BCUT2D eigenvalue weighted by atomic mass is 16.2. The van der Waals surface area contributed by atoms with Gasteiger partial charge in [0.1, 0.15) is 5.69 Å². The maximum atomic E-state index is 12.3. The zero-order chi connectivity index (χ0) is 13.4. The lowest BCUT2D eigenvalue weighted by Crippen LogP contribution is -2.53. The first-order valence-electron chi connectivity index (χ1n) is 6.45. The first-order valence-corrected chi connectivity index (χ1v) is 6.45. The van der Waals surface area contributed by atoms with E-state index in [0.29, 0.717) is 37.4 Å². The Balaban J connectivity index is 1.72. The van der Waals surface area contributed by atoms with Crippen molar-refractivity contribution in [1.29, 1.82) is 0 Å². The number of carbonyl (C=O) groups excluding carboxylic acids is 2. The van der Waals surface area contributed by atoms with E-state index in [-0.39, 0.29) is 17.9 Å². The minimum Gasteiger partial charge on any atom is -0.397 e. The number of nitrogen functional groups attached to an aromatic ring is 1. The molecule has 1 aromatic heterocycles. The van der Waals surface area contributed by atoms with Gasteiger partial charge in [-0.3, -0.25) is 9.59 Å². The molecule has 2 N–H and O–H groups in total. The number of carbonyl (C=O) groups is 2. The normalized spacial score (nSPS) is 22.5. The largest absolute Gasteiger partial charge is 0.397 e. The number of nitrogens with zero attached hydrogens (tertiary/aromatic N) is 3. The fraction of sp³-hybridized carbons (Fsp3) is 0.462. The molecule has 2 amide bonds. The molecule has 19 heavy (non-hydrogen) atoms. The standard InChI is InChI=1S/C13H16N4O2/c14-9-1-3-11(15-7-9)13(19)16-5-6-17-10(8-16)2-4-12(17)18/h1,3,7,10H,2,4-6,8,14H2. The van der Waals surface area contributed by atoms with E-state index < -0.39 is 0 Å². The third-order valence-electron chi connectivity index (χ3n) is 3.79. The van der Waals surface area contributed by atoms with E-state index in [0.717, 1.165) is 6.42 Å². The summed E-state index contributed by atoms with van der Waals surface area (Å²) in [6, 6.07) is 3.50. The van der Waals surface area contributed by atoms with Crippen LogP contribution >= 0.6 is 0 Å². The van der Waals surface area contributed by atoms with Gasteiger partial charge in [-0.05, 0) is 18.6 Å². The minimum atomic E-state index is -0.0843. The Hall–Kier alpha value is -2.11. The van der Waals surface area contributed by atoms with Gasteiger partial charge in [-0.1, -0.05) is 0 Å². The molecule has 0 aliphatic carbocycles. The van der Waals surface area contributed by atoms with Crippen LogP contribution in [0.25, 0.3) is 0 Å². The number of rotatable bonds is 1. The van der Waals surface area contributed by atoms with Crippen LogP contribution < -0.4 is 5.73 Å². The van der Waals surface area contributed by atoms with Crippen molar-refractivity contribution in [2.24, 2.45) is 0 Å². The van der Waals surface area contributed by atoms with Crippen molar-refractivity contribution in [1.82, 2.24) is 14.8 Å².